The largest absolute Gasteiger partial charge is 0.370 e. The summed E-state index contributed by atoms with van der Waals surface area (Å²) in [4.78, 5) is 12.8. The molecule has 0 bridgehead atoms. The first-order valence-electron chi connectivity index (χ1n) is 5.07. The molecule has 0 unspecified atom stereocenters. The van der Waals surface area contributed by atoms with E-state index in [-0.39, 0.29) is 24.6 Å². The van der Waals surface area contributed by atoms with Crippen molar-refractivity contribution in [2.45, 2.75) is 6.54 Å². The molecule has 3 nitrogen and oxygen atoms in total. The lowest BCUT2D eigenvalue weighted by atomic mass is 10.2. The number of carbonyl (C=O) groups excluding carboxylic acids is 1. The highest BCUT2D eigenvalue weighted by Gasteiger charge is 2.20. The van der Waals surface area contributed by atoms with Crippen molar-refractivity contribution in [1.82, 2.24) is 4.90 Å². The Balaban J connectivity index is 2.15. The van der Waals surface area contributed by atoms with Crippen LogP contribution in [0.5, 0.6) is 0 Å². The second kappa shape index (κ2) is 4.75. The maximum Gasteiger partial charge on any atom is 0.248 e. The molecule has 1 saturated heterocycles. The summed E-state index contributed by atoms with van der Waals surface area (Å²) in [5, 5.41) is 0. The molecule has 0 atom stereocenters. The van der Waals surface area contributed by atoms with Crippen LogP contribution in [0.25, 0.3) is 0 Å². The second-order valence-electron chi connectivity index (χ2n) is 3.74. The zero-order chi connectivity index (χ0) is 12.4. The van der Waals surface area contributed by atoms with E-state index in [0.717, 1.165) is 12.1 Å². The predicted molar refractivity (Wildman–Crippen MR) is 52.6 cm³/mol. The van der Waals surface area contributed by atoms with Gasteiger partial charge in [-0.3, -0.25) is 4.79 Å². The Bertz CT molecular complexity index is 427. The van der Waals surface area contributed by atoms with Crippen LogP contribution in [0.2, 0.25) is 0 Å². The molecule has 2 rings (SSSR count). The van der Waals surface area contributed by atoms with Gasteiger partial charge in [-0.2, -0.15) is 0 Å². The number of rotatable bonds is 2. The van der Waals surface area contributed by atoms with Gasteiger partial charge in [-0.1, -0.05) is 0 Å². The smallest absolute Gasteiger partial charge is 0.248 e. The summed E-state index contributed by atoms with van der Waals surface area (Å²) in [5.74, 6) is -4.25. The average molecular weight is 245 g/mol. The number of carbonyl (C=O) groups is 1. The molecule has 0 spiro atoms. The molecule has 6 heteroatoms. The fraction of sp³-hybridized carbons (Fsp3) is 0.364. The molecule has 1 fully saturated rings. The number of hydrogen-bond donors (Lipinski definition) is 0. The highest BCUT2D eigenvalue weighted by atomic mass is 19.2. The van der Waals surface area contributed by atoms with Gasteiger partial charge in [0.15, 0.2) is 17.5 Å². The molecule has 0 saturated carbocycles. The van der Waals surface area contributed by atoms with E-state index >= 15 is 0 Å². The van der Waals surface area contributed by atoms with Gasteiger partial charge in [-0.15, -0.1) is 0 Å². The molecule has 1 aliphatic heterocycles. The fourth-order valence-corrected chi connectivity index (χ4v) is 1.64. The number of hydrogen-bond acceptors (Lipinski definition) is 2. The second-order valence-corrected chi connectivity index (χ2v) is 3.74. The van der Waals surface area contributed by atoms with Crippen LogP contribution >= 0.6 is 0 Å². The summed E-state index contributed by atoms with van der Waals surface area (Å²) in [7, 11) is 0. The van der Waals surface area contributed by atoms with E-state index in [2.05, 4.69) is 0 Å². The quantitative estimate of drug-likeness (QED) is 0.738. The normalized spacial score (nSPS) is 16.4. The van der Waals surface area contributed by atoms with E-state index in [1.165, 1.54) is 4.90 Å². The first kappa shape index (κ1) is 11.9. The van der Waals surface area contributed by atoms with Crippen LogP contribution in [-0.4, -0.2) is 30.6 Å². The Hall–Kier alpha value is -1.56. The summed E-state index contributed by atoms with van der Waals surface area (Å²) < 4.78 is 43.5. The van der Waals surface area contributed by atoms with Crippen molar-refractivity contribution in [2.24, 2.45) is 0 Å². The fourth-order valence-electron chi connectivity index (χ4n) is 1.64. The van der Waals surface area contributed by atoms with E-state index < -0.39 is 17.5 Å². The van der Waals surface area contributed by atoms with Gasteiger partial charge in [0.05, 0.1) is 6.61 Å². The number of morpholine rings is 1. The Morgan fingerprint density at radius 2 is 1.88 bits per heavy atom. The molecule has 1 aromatic rings. The van der Waals surface area contributed by atoms with Crippen molar-refractivity contribution in [3.63, 3.8) is 0 Å². The summed E-state index contributed by atoms with van der Waals surface area (Å²) in [6, 6.07) is 1.78. The Morgan fingerprint density at radius 1 is 1.24 bits per heavy atom. The van der Waals surface area contributed by atoms with Crippen LogP contribution in [0.4, 0.5) is 13.2 Å². The van der Waals surface area contributed by atoms with Crippen molar-refractivity contribution in [2.75, 3.05) is 19.8 Å². The minimum Gasteiger partial charge on any atom is -0.370 e. The van der Waals surface area contributed by atoms with E-state index in [1.54, 1.807) is 0 Å². The van der Waals surface area contributed by atoms with E-state index in [0.29, 0.717) is 13.2 Å². The number of nitrogens with zero attached hydrogens (tertiary/aromatic N) is 1. The molecule has 0 aliphatic carbocycles. The molecule has 92 valence electrons. The van der Waals surface area contributed by atoms with Gasteiger partial charge in [0.2, 0.25) is 5.91 Å². The third kappa shape index (κ3) is 2.58. The number of ether oxygens (including phenoxy) is 1. The highest BCUT2D eigenvalue weighted by molar-refractivity contribution is 5.77. The molecular weight excluding hydrogens is 235 g/mol. The van der Waals surface area contributed by atoms with Gasteiger partial charge in [0.1, 0.15) is 6.61 Å². The molecule has 1 aromatic carbocycles. The average Bonchev–Trinajstić information content (AvgIpc) is 2.29. The maximum absolute atomic E-state index is 12.9. The van der Waals surface area contributed by atoms with Gasteiger partial charge in [-0.05, 0) is 17.7 Å². The van der Waals surface area contributed by atoms with Crippen LogP contribution in [0, 0.1) is 17.5 Å². The summed E-state index contributed by atoms with van der Waals surface area (Å²) in [6.45, 7) is 0.764. The monoisotopic (exact) mass is 245 g/mol. The molecule has 17 heavy (non-hydrogen) atoms. The van der Waals surface area contributed by atoms with Crippen molar-refractivity contribution >= 4 is 5.91 Å². The molecule has 1 amide bonds. The molecular formula is C11H10F3NO2. The third-order valence-electron chi connectivity index (χ3n) is 2.50. The zero-order valence-electron chi connectivity index (χ0n) is 8.88. The van der Waals surface area contributed by atoms with Crippen molar-refractivity contribution in [3.05, 3.63) is 35.1 Å². The Morgan fingerprint density at radius 3 is 2.47 bits per heavy atom. The Labute approximate surface area is 95.8 Å². The van der Waals surface area contributed by atoms with Gasteiger partial charge in [0, 0.05) is 13.1 Å². The lowest BCUT2D eigenvalue weighted by molar-refractivity contribution is -0.143. The van der Waals surface area contributed by atoms with Gasteiger partial charge in [0.25, 0.3) is 0 Å². The highest BCUT2D eigenvalue weighted by Crippen LogP contribution is 2.15. The van der Waals surface area contributed by atoms with Gasteiger partial charge < -0.3 is 9.64 Å². The lowest BCUT2D eigenvalue weighted by Crippen LogP contribution is -2.40. The maximum atomic E-state index is 12.9. The van der Waals surface area contributed by atoms with Crippen LogP contribution in [0.3, 0.4) is 0 Å². The van der Waals surface area contributed by atoms with Crippen LogP contribution < -0.4 is 0 Å². The minimum absolute atomic E-state index is 0.0356. The van der Waals surface area contributed by atoms with Crippen LogP contribution in [0.15, 0.2) is 12.1 Å². The molecule has 0 aromatic heterocycles. The summed E-state index contributed by atoms with van der Waals surface area (Å²) >= 11 is 0. The summed E-state index contributed by atoms with van der Waals surface area (Å²) in [5.41, 5.74) is 0.219. The van der Waals surface area contributed by atoms with E-state index in [4.69, 9.17) is 4.74 Å². The minimum atomic E-state index is -1.50. The van der Waals surface area contributed by atoms with Gasteiger partial charge >= 0.3 is 0 Å². The zero-order valence-corrected chi connectivity index (χ0v) is 8.88. The molecule has 1 aliphatic rings. The Kier molecular flexibility index (Phi) is 3.33. The third-order valence-corrected chi connectivity index (χ3v) is 2.50. The predicted octanol–water partition coefficient (Wildman–Crippen LogP) is 1.46. The van der Waals surface area contributed by atoms with Crippen molar-refractivity contribution in [3.8, 4) is 0 Å². The van der Waals surface area contributed by atoms with E-state index in [1.807, 2.05) is 0 Å². The SMILES string of the molecule is O=C1COCCN1Cc1cc(F)c(F)c(F)c1. The summed E-state index contributed by atoms with van der Waals surface area (Å²) in [6.07, 6.45) is 0. The molecule has 0 N–H and O–H groups in total. The first-order chi connectivity index (χ1) is 8.08. The van der Waals surface area contributed by atoms with Crippen LogP contribution in [-0.2, 0) is 16.1 Å². The topological polar surface area (TPSA) is 29.5 Å². The number of halogens is 3. The lowest BCUT2D eigenvalue weighted by Gasteiger charge is -2.26. The number of amides is 1. The number of benzene rings is 1. The van der Waals surface area contributed by atoms with Crippen molar-refractivity contribution in [1.29, 1.82) is 0 Å². The first-order valence-corrected chi connectivity index (χ1v) is 5.07. The van der Waals surface area contributed by atoms with Crippen molar-refractivity contribution < 1.29 is 22.7 Å². The van der Waals surface area contributed by atoms with E-state index in [9.17, 15) is 18.0 Å². The standard InChI is InChI=1S/C11H10F3NO2/c12-8-3-7(4-9(13)11(8)14)5-15-1-2-17-6-10(15)16/h3-4H,1-2,5-6H2. The van der Waals surface area contributed by atoms with Gasteiger partial charge in [-0.25, -0.2) is 13.2 Å². The molecule has 1 heterocycles. The van der Waals surface area contributed by atoms with Crippen LogP contribution in [0.1, 0.15) is 5.56 Å². The molecule has 0 radical (unpaired) electrons.